The lowest BCUT2D eigenvalue weighted by atomic mass is 9.97. The van der Waals surface area contributed by atoms with Crippen LogP contribution in [0.3, 0.4) is 0 Å². The topological polar surface area (TPSA) is 65.1 Å². The molecule has 0 aliphatic carbocycles. The number of nitrogens with zero attached hydrogens (tertiary/aromatic N) is 3. The highest BCUT2D eigenvalue weighted by atomic mass is 19.1. The van der Waals surface area contributed by atoms with E-state index in [4.69, 9.17) is 5.41 Å². The molecule has 154 valence electrons. The smallest absolute Gasteiger partial charge is 0.140 e. The number of phenols is 1. The van der Waals surface area contributed by atoms with E-state index in [-0.39, 0.29) is 17.6 Å². The molecular weight excluding hydrogens is 379 g/mol. The summed E-state index contributed by atoms with van der Waals surface area (Å²) >= 11 is 0. The summed E-state index contributed by atoms with van der Waals surface area (Å²) in [4.78, 5) is 6.25. The van der Waals surface area contributed by atoms with Crippen molar-refractivity contribution >= 4 is 11.9 Å². The Labute approximate surface area is 175 Å². The fourth-order valence-electron chi connectivity index (χ4n) is 3.91. The summed E-state index contributed by atoms with van der Waals surface area (Å²) in [6.07, 6.45) is 7.26. The molecule has 1 unspecified atom stereocenters. The Balaban J connectivity index is 1.56. The first-order chi connectivity index (χ1) is 14.4. The van der Waals surface area contributed by atoms with Gasteiger partial charge in [0.1, 0.15) is 17.4 Å². The van der Waals surface area contributed by atoms with Crippen LogP contribution in [-0.4, -0.2) is 31.9 Å². The number of phenolic OH excluding ortho intramolecular Hbond substituents is 1. The predicted octanol–water partition coefficient (Wildman–Crippen LogP) is 5.24. The van der Waals surface area contributed by atoms with Gasteiger partial charge in [-0.05, 0) is 73.7 Å². The Hall–Kier alpha value is -3.41. The van der Waals surface area contributed by atoms with Crippen molar-refractivity contribution in [3.63, 3.8) is 0 Å². The Bertz CT molecular complexity index is 1100. The van der Waals surface area contributed by atoms with E-state index in [0.717, 1.165) is 41.8 Å². The maximum absolute atomic E-state index is 13.3. The largest absolute Gasteiger partial charge is 0.506 e. The molecule has 30 heavy (non-hydrogen) atoms. The van der Waals surface area contributed by atoms with Gasteiger partial charge in [0.05, 0.1) is 23.8 Å². The van der Waals surface area contributed by atoms with Crippen LogP contribution in [0.25, 0.3) is 11.8 Å². The summed E-state index contributed by atoms with van der Waals surface area (Å²) in [5.41, 5.74) is 4.32. The van der Waals surface area contributed by atoms with Crippen LogP contribution in [0.4, 0.5) is 4.39 Å². The third-order valence-electron chi connectivity index (χ3n) is 5.59. The minimum atomic E-state index is -0.255. The van der Waals surface area contributed by atoms with Crippen LogP contribution in [0.1, 0.15) is 42.6 Å². The summed E-state index contributed by atoms with van der Waals surface area (Å²) in [5, 5.41) is 19.2. The lowest BCUT2D eigenvalue weighted by Gasteiger charge is -2.36. The molecule has 6 heteroatoms. The molecule has 5 nitrogen and oxygen atoms in total. The van der Waals surface area contributed by atoms with Gasteiger partial charge in [0.25, 0.3) is 0 Å². The first-order valence-corrected chi connectivity index (χ1v) is 10.1. The van der Waals surface area contributed by atoms with Gasteiger partial charge in [-0.3, -0.25) is 5.41 Å². The molecule has 2 heterocycles. The van der Waals surface area contributed by atoms with E-state index in [1.165, 1.54) is 12.1 Å². The second-order valence-corrected chi connectivity index (χ2v) is 7.71. The number of benzene rings is 2. The number of hydrogen-bond acceptors (Lipinski definition) is 3. The lowest BCUT2D eigenvalue weighted by molar-refractivity contribution is 0.316. The number of likely N-dealkylation sites (tertiary alicyclic amines) is 1. The van der Waals surface area contributed by atoms with Gasteiger partial charge in [0.2, 0.25) is 0 Å². The summed E-state index contributed by atoms with van der Waals surface area (Å²) < 4.78 is 15.0. The average molecular weight is 404 g/mol. The van der Waals surface area contributed by atoms with Crippen molar-refractivity contribution < 1.29 is 9.50 Å². The number of aromatic hydroxyl groups is 1. The van der Waals surface area contributed by atoms with Crippen molar-refractivity contribution in [2.75, 3.05) is 6.54 Å². The van der Waals surface area contributed by atoms with Gasteiger partial charge in [-0.1, -0.05) is 18.2 Å². The molecule has 1 aliphatic heterocycles. The maximum atomic E-state index is 13.3. The molecular formula is C24H25FN4O. The van der Waals surface area contributed by atoms with Crippen molar-refractivity contribution in [2.45, 2.75) is 32.7 Å². The van der Waals surface area contributed by atoms with Crippen LogP contribution in [0, 0.1) is 18.2 Å². The number of aryl methyl sites for hydroxylation is 1. The first kappa shape index (κ1) is 19.9. The van der Waals surface area contributed by atoms with Gasteiger partial charge in [-0.25, -0.2) is 9.37 Å². The van der Waals surface area contributed by atoms with Crippen LogP contribution in [0.5, 0.6) is 5.75 Å². The molecule has 0 saturated carbocycles. The van der Waals surface area contributed by atoms with Gasteiger partial charge < -0.3 is 14.6 Å². The zero-order chi connectivity index (χ0) is 21.3. The Morgan fingerprint density at radius 1 is 1.20 bits per heavy atom. The molecule has 1 aromatic heterocycles. The second-order valence-electron chi connectivity index (χ2n) is 7.71. The Morgan fingerprint density at radius 2 is 1.97 bits per heavy atom. The molecule has 3 aromatic rings. The van der Waals surface area contributed by atoms with Crippen molar-refractivity contribution in [1.82, 2.24) is 14.5 Å². The van der Waals surface area contributed by atoms with Gasteiger partial charge >= 0.3 is 0 Å². The quantitative estimate of drug-likeness (QED) is 0.625. The Kier molecular flexibility index (Phi) is 5.40. The summed E-state index contributed by atoms with van der Waals surface area (Å²) in [6.45, 7) is 4.73. The van der Waals surface area contributed by atoms with E-state index in [9.17, 15) is 9.50 Å². The molecule has 1 saturated heterocycles. The van der Waals surface area contributed by atoms with Crippen LogP contribution < -0.4 is 0 Å². The van der Waals surface area contributed by atoms with Crippen LogP contribution in [0.2, 0.25) is 0 Å². The standard InChI is InChI=1S/C24H25FN4O/c1-16-14-28(15-27-16)22-10-5-18(13-23(22)30)12-20-4-3-11-29(24(20)26)17(2)19-6-8-21(25)9-7-19/h5-10,12-15,17,26,30H,3-4,11H2,1-2H3/b20-12+,26-24?. The molecule has 4 rings (SSSR count). The molecule has 0 bridgehead atoms. The van der Waals surface area contributed by atoms with Crippen molar-refractivity contribution in [2.24, 2.45) is 0 Å². The molecule has 0 radical (unpaired) electrons. The highest BCUT2D eigenvalue weighted by Crippen LogP contribution is 2.30. The molecule has 1 fully saturated rings. The third kappa shape index (κ3) is 3.99. The maximum Gasteiger partial charge on any atom is 0.140 e. The summed E-state index contributed by atoms with van der Waals surface area (Å²) in [6, 6.07) is 12.0. The molecule has 1 aliphatic rings. The number of imidazole rings is 1. The zero-order valence-corrected chi connectivity index (χ0v) is 17.1. The molecule has 0 amide bonds. The van der Waals surface area contributed by atoms with E-state index in [2.05, 4.69) is 4.98 Å². The first-order valence-electron chi connectivity index (χ1n) is 10.1. The minimum absolute atomic E-state index is 0.0120. The van der Waals surface area contributed by atoms with Crippen LogP contribution in [0.15, 0.2) is 60.6 Å². The van der Waals surface area contributed by atoms with Crippen molar-refractivity contribution in [3.05, 3.63) is 83.2 Å². The zero-order valence-electron chi connectivity index (χ0n) is 17.1. The van der Waals surface area contributed by atoms with Gasteiger partial charge in [0, 0.05) is 12.7 Å². The normalized spacial score (nSPS) is 16.8. The van der Waals surface area contributed by atoms with E-state index in [1.54, 1.807) is 29.1 Å². The number of halogens is 1. The molecule has 2 aromatic carbocycles. The molecule has 0 spiro atoms. The number of hydrogen-bond donors (Lipinski definition) is 2. The number of piperidine rings is 1. The average Bonchev–Trinajstić information content (AvgIpc) is 3.16. The fourth-order valence-corrected chi connectivity index (χ4v) is 3.91. The predicted molar refractivity (Wildman–Crippen MR) is 116 cm³/mol. The number of aromatic nitrogens is 2. The second kappa shape index (κ2) is 8.14. The minimum Gasteiger partial charge on any atom is -0.506 e. The number of nitrogens with one attached hydrogen (secondary N) is 1. The van der Waals surface area contributed by atoms with E-state index in [0.29, 0.717) is 11.5 Å². The van der Waals surface area contributed by atoms with Crippen molar-refractivity contribution in [1.29, 1.82) is 5.41 Å². The van der Waals surface area contributed by atoms with Gasteiger partial charge in [-0.2, -0.15) is 0 Å². The van der Waals surface area contributed by atoms with E-state index < -0.39 is 0 Å². The number of rotatable bonds is 4. The summed E-state index contributed by atoms with van der Waals surface area (Å²) in [7, 11) is 0. The lowest BCUT2D eigenvalue weighted by Crippen LogP contribution is -2.38. The van der Waals surface area contributed by atoms with Crippen LogP contribution in [-0.2, 0) is 0 Å². The van der Waals surface area contributed by atoms with Crippen molar-refractivity contribution in [3.8, 4) is 11.4 Å². The van der Waals surface area contributed by atoms with Gasteiger partial charge in [0.15, 0.2) is 0 Å². The fraction of sp³-hybridized carbons (Fsp3) is 0.250. The number of amidine groups is 1. The highest BCUT2D eigenvalue weighted by Gasteiger charge is 2.25. The molecule has 1 atom stereocenters. The van der Waals surface area contributed by atoms with Crippen LogP contribution >= 0.6 is 0 Å². The summed E-state index contributed by atoms with van der Waals surface area (Å²) in [5.74, 6) is 0.391. The SMILES string of the molecule is Cc1cn(-c2ccc(/C=C3\CCCN(C(C)c4ccc(F)cc4)C3=N)cc2O)cn1. The van der Waals surface area contributed by atoms with E-state index in [1.807, 2.05) is 43.2 Å². The molecule has 2 N–H and O–H groups in total. The monoisotopic (exact) mass is 404 g/mol. The third-order valence-corrected chi connectivity index (χ3v) is 5.59. The highest BCUT2D eigenvalue weighted by molar-refractivity contribution is 6.00. The van der Waals surface area contributed by atoms with E-state index >= 15 is 0 Å². The Morgan fingerprint density at radius 3 is 2.63 bits per heavy atom. The van der Waals surface area contributed by atoms with Gasteiger partial charge in [-0.15, -0.1) is 0 Å².